The fraction of sp³-hybridized carbons (Fsp3) is 0.364. The normalized spacial score (nSPS) is 10.2. The van der Waals surface area contributed by atoms with Crippen LogP contribution in [0.25, 0.3) is 0 Å². The molecule has 0 amide bonds. The van der Waals surface area contributed by atoms with Crippen molar-refractivity contribution in [3.8, 4) is 5.75 Å². The molecule has 16 heavy (non-hydrogen) atoms. The second-order valence-corrected chi connectivity index (χ2v) is 4.45. The maximum absolute atomic E-state index is 11.2. The first-order valence-electron chi connectivity index (χ1n) is 4.87. The van der Waals surface area contributed by atoms with Gasteiger partial charge < -0.3 is 9.84 Å². The number of carbonyl (C=O) groups excluding carboxylic acids is 1. The summed E-state index contributed by atoms with van der Waals surface area (Å²) in [5.41, 5.74) is 0.799. The number of aromatic hydroxyl groups is 1. The molecule has 0 spiro atoms. The molecule has 5 heteroatoms. The highest BCUT2D eigenvalue weighted by molar-refractivity contribution is 9.10. The van der Waals surface area contributed by atoms with E-state index in [-0.39, 0.29) is 18.1 Å². The van der Waals surface area contributed by atoms with Gasteiger partial charge in [-0.05, 0) is 31.0 Å². The van der Waals surface area contributed by atoms with Crippen molar-refractivity contribution < 1.29 is 14.6 Å². The number of phenolic OH excluding ortho intramolecular Hbond substituents is 1. The molecule has 1 aromatic carbocycles. The summed E-state index contributed by atoms with van der Waals surface area (Å²) in [6, 6.07) is 3.00. The van der Waals surface area contributed by atoms with Gasteiger partial charge in [0.15, 0.2) is 0 Å². The highest BCUT2D eigenvalue weighted by Gasteiger charge is 2.10. The van der Waals surface area contributed by atoms with E-state index in [0.29, 0.717) is 22.5 Å². The van der Waals surface area contributed by atoms with Gasteiger partial charge in [0, 0.05) is 15.9 Å². The van der Waals surface area contributed by atoms with Gasteiger partial charge in [0.25, 0.3) is 0 Å². The Morgan fingerprint density at radius 3 is 2.81 bits per heavy atom. The molecule has 1 aromatic rings. The molecule has 1 rings (SSSR count). The standard InChI is InChI=1S/C11H12BrClO3/c1-2-16-11(15)4-3-8-9(12)5-7(14)6-10(8)13/h5-6,14H,2-4H2,1H3. The van der Waals surface area contributed by atoms with Crippen LogP contribution in [0.15, 0.2) is 16.6 Å². The molecule has 0 saturated carbocycles. The number of ether oxygens (including phenoxy) is 1. The van der Waals surface area contributed by atoms with Gasteiger partial charge in [-0.3, -0.25) is 4.79 Å². The fourth-order valence-corrected chi connectivity index (χ4v) is 2.36. The van der Waals surface area contributed by atoms with Gasteiger partial charge in [0.2, 0.25) is 0 Å². The van der Waals surface area contributed by atoms with Crippen LogP contribution in [-0.2, 0) is 16.0 Å². The second kappa shape index (κ2) is 6.11. The van der Waals surface area contributed by atoms with Crippen molar-refractivity contribution in [1.29, 1.82) is 0 Å². The Hall–Kier alpha value is -0.740. The lowest BCUT2D eigenvalue weighted by Gasteiger charge is -2.07. The molecule has 3 nitrogen and oxygen atoms in total. The molecule has 0 atom stereocenters. The van der Waals surface area contributed by atoms with E-state index in [1.165, 1.54) is 6.07 Å². The first-order chi connectivity index (χ1) is 7.54. The van der Waals surface area contributed by atoms with Crippen LogP contribution in [0.2, 0.25) is 5.02 Å². The SMILES string of the molecule is CCOC(=O)CCc1c(Cl)cc(O)cc1Br. The summed E-state index contributed by atoms with van der Waals surface area (Å²) < 4.78 is 5.52. The maximum Gasteiger partial charge on any atom is 0.306 e. The van der Waals surface area contributed by atoms with Crippen molar-refractivity contribution >= 4 is 33.5 Å². The van der Waals surface area contributed by atoms with Crippen LogP contribution < -0.4 is 0 Å². The van der Waals surface area contributed by atoms with Crippen molar-refractivity contribution in [2.45, 2.75) is 19.8 Å². The number of carbonyl (C=O) groups is 1. The molecule has 0 aliphatic rings. The van der Waals surface area contributed by atoms with Crippen molar-refractivity contribution in [1.82, 2.24) is 0 Å². The van der Waals surface area contributed by atoms with E-state index in [1.54, 1.807) is 13.0 Å². The van der Waals surface area contributed by atoms with Gasteiger partial charge in [-0.1, -0.05) is 27.5 Å². The van der Waals surface area contributed by atoms with Crippen LogP contribution >= 0.6 is 27.5 Å². The summed E-state index contributed by atoms with van der Waals surface area (Å²) in [5, 5.41) is 9.71. The minimum absolute atomic E-state index is 0.0942. The molecular weight excluding hydrogens is 295 g/mol. The summed E-state index contributed by atoms with van der Waals surface area (Å²) >= 11 is 9.24. The lowest BCUT2D eigenvalue weighted by molar-refractivity contribution is -0.143. The Morgan fingerprint density at radius 2 is 2.25 bits per heavy atom. The predicted octanol–water partition coefficient (Wildman–Crippen LogP) is 3.30. The first kappa shape index (κ1) is 13.3. The zero-order valence-electron chi connectivity index (χ0n) is 8.80. The smallest absolute Gasteiger partial charge is 0.306 e. The number of halogens is 2. The van der Waals surface area contributed by atoms with Crippen LogP contribution in [0, 0.1) is 0 Å². The number of esters is 1. The zero-order chi connectivity index (χ0) is 12.1. The Kier molecular flexibility index (Phi) is 5.09. The lowest BCUT2D eigenvalue weighted by Crippen LogP contribution is -2.05. The fourth-order valence-electron chi connectivity index (χ4n) is 1.29. The van der Waals surface area contributed by atoms with Crippen LogP contribution in [0.4, 0.5) is 0 Å². The third-order valence-corrected chi connectivity index (χ3v) is 3.06. The molecule has 0 heterocycles. The predicted molar refractivity (Wildman–Crippen MR) is 65.8 cm³/mol. The Morgan fingerprint density at radius 1 is 1.56 bits per heavy atom. The molecule has 1 N–H and O–H groups in total. The van der Waals surface area contributed by atoms with Crippen LogP contribution in [0.3, 0.4) is 0 Å². The monoisotopic (exact) mass is 306 g/mol. The van der Waals surface area contributed by atoms with E-state index in [2.05, 4.69) is 15.9 Å². The third-order valence-electron chi connectivity index (χ3n) is 2.01. The van der Waals surface area contributed by atoms with Crippen molar-refractivity contribution in [2.75, 3.05) is 6.61 Å². The van der Waals surface area contributed by atoms with E-state index in [4.69, 9.17) is 16.3 Å². The summed E-state index contributed by atoms with van der Waals surface area (Å²) in [6.45, 7) is 2.14. The Bertz CT molecular complexity index is 370. The minimum atomic E-state index is -0.251. The minimum Gasteiger partial charge on any atom is -0.508 e. The van der Waals surface area contributed by atoms with Gasteiger partial charge in [-0.2, -0.15) is 0 Å². The highest BCUT2D eigenvalue weighted by atomic mass is 79.9. The molecule has 0 aliphatic heterocycles. The Labute approximate surface area is 107 Å². The van der Waals surface area contributed by atoms with E-state index in [9.17, 15) is 9.90 Å². The van der Waals surface area contributed by atoms with Crippen molar-refractivity contribution in [2.24, 2.45) is 0 Å². The lowest BCUT2D eigenvalue weighted by atomic mass is 10.1. The molecule has 88 valence electrons. The molecule has 0 bridgehead atoms. The largest absolute Gasteiger partial charge is 0.508 e. The second-order valence-electron chi connectivity index (χ2n) is 3.19. The number of hydrogen-bond donors (Lipinski definition) is 1. The van der Waals surface area contributed by atoms with Crippen LogP contribution in [-0.4, -0.2) is 17.7 Å². The van der Waals surface area contributed by atoms with E-state index in [0.717, 1.165) is 5.56 Å². The third kappa shape index (κ3) is 3.68. The van der Waals surface area contributed by atoms with Crippen LogP contribution in [0.1, 0.15) is 18.9 Å². The summed E-state index contributed by atoms with van der Waals surface area (Å²) in [5.74, 6) is -0.157. The van der Waals surface area contributed by atoms with Crippen molar-refractivity contribution in [3.63, 3.8) is 0 Å². The van der Waals surface area contributed by atoms with Gasteiger partial charge in [0.1, 0.15) is 5.75 Å². The molecule has 0 fully saturated rings. The highest BCUT2D eigenvalue weighted by Crippen LogP contribution is 2.30. The summed E-state index contributed by atoms with van der Waals surface area (Å²) in [6.07, 6.45) is 0.759. The van der Waals surface area contributed by atoms with E-state index >= 15 is 0 Å². The van der Waals surface area contributed by atoms with E-state index < -0.39 is 0 Å². The number of hydrogen-bond acceptors (Lipinski definition) is 3. The molecule has 0 aromatic heterocycles. The molecule has 0 aliphatic carbocycles. The molecular formula is C11H12BrClO3. The number of benzene rings is 1. The van der Waals surface area contributed by atoms with Gasteiger partial charge in [-0.15, -0.1) is 0 Å². The summed E-state index contributed by atoms with van der Waals surface area (Å²) in [7, 11) is 0. The molecule has 0 radical (unpaired) electrons. The van der Waals surface area contributed by atoms with E-state index in [1.807, 2.05) is 0 Å². The van der Waals surface area contributed by atoms with Gasteiger partial charge >= 0.3 is 5.97 Å². The Balaban J connectivity index is 2.70. The summed E-state index contributed by atoms with van der Waals surface area (Å²) in [4.78, 5) is 11.2. The molecule has 0 saturated heterocycles. The maximum atomic E-state index is 11.2. The van der Waals surface area contributed by atoms with Crippen LogP contribution in [0.5, 0.6) is 5.75 Å². The van der Waals surface area contributed by atoms with Gasteiger partial charge in [0.05, 0.1) is 6.61 Å². The topological polar surface area (TPSA) is 46.5 Å². The number of rotatable bonds is 4. The zero-order valence-corrected chi connectivity index (χ0v) is 11.1. The first-order valence-corrected chi connectivity index (χ1v) is 6.04. The average molecular weight is 308 g/mol. The average Bonchev–Trinajstić information content (AvgIpc) is 2.16. The van der Waals surface area contributed by atoms with Gasteiger partial charge in [-0.25, -0.2) is 0 Å². The molecule has 0 unspecified atom stereocenters. The quantitative estimate of drug-likeness (QED) is 0.868. The number of phenols is 1. The van der Waals surface area contributed by atoms with Crippen molar-refractivity contribution in [3.05, 3.63) is 27.2 Å².